The van der Waals surface area contributed by atoms with Crippen LogP contribution in [0.1, 0.15) is 33.6 Å². The van der Waals surface area contributed by atoms with Gasteiger partial charge >= 0.3 is 0 Å². The minimum absolute atomic E-state index is 0.0682. The molecule has 118 valence electrons. The molecule has 0 bridgehead atoms. The van der Waals surface area contributed by atoms with Crippen molar-refractivity contribution in [2.75, 3.05) is 30.7 Å². The predicted octanol–water partition coefficient (Wildman–Crippen LogP) is 3.09. The lowest BCUT2D eigenvalue weighted by Crippen LogP contribution is -2.34. The molecule has 1 aliphatic rings. The van der Waals surface area contributed by atoms with Crippen LogP contribution in [0.25, 0.3) is 0 Å². The first-order valence-electron chi connectivity index (χ1n) is 7.74. The van der Waals surface area contributed by atoms with E-state index in [1.165, 1.54) is 18.9 Å². The number of halogens is 1. The first-order valence-corrected chi connectivity index (χ1v) is 7.74. The zero-order chi connectivity index (χ0) is 15.4. The molecule has 1 unspecified atom stereocenters. The third kappa shape index (κ3) is 4.00. The minimum Gasteiger partial charge on any atom is -0.488 e. The first-order chi connectivity index (χ1) is 10.0. The van der Waals surface area contributed by atoms with E-state index in [0.29, 0.717) is 11.7 Å². The molecule has 0 radical (unpaired) electrons. The van der Waals surface area contributed by atoms with E-state index in [0.717, 1.165) is 25.3 Å². The predicted molar refractivity (Wildman–Crippen MR) is 85.3 cm³/mol. The van der Waals surface area contributed by atoms with Gasteiger partial charge in [-0.05, 0) is 39.8 Å². The summed E-state index contributed by atoms with van der Waals surface area (Å²) in [5, 5.41) is 3.35. The number of nitrogen functional groups attached to an aromatic ring is 1. The van der Waals surface area contributed by atoms with Crippen molar-refractivity contribution in [3.05, 3.63) is 17.9 Å². The van der Waals surface area contributed by atoms with E-state index in [4.69, 9.17) is 10.5 Å². The standard InChI is InChI=1S/C16H26FN3O/c1-4-20-7-5-6-12(20)10-19-15-9-16(21-11(2)3)13(17)8-14(15)18/h8-9,11-12,19H,4-7,10,18H2,1-3H3. The van der Waals surface area contributed by atoms with E-state index in [1.54, 1.807) is 6.07 Å². The topological polar surface area (TPSA) is 50.5 Å². The minimum atomic E-state index is -0.414. The summed E-state index contributed by atoms with van der Waals surface area (Å²) in [5.41, 5.74) is 7.07. The molecule has 0 aromatic heterocycles. The molecule has 0 aliphatic carbocycles. The van der Waals surface area contributed by atoms with Crippen molar-refractivity contribution in [2.24, 2.45) is 0 Å². The molecule has 21 heavy (non-hydrogen) atoms. The molecular formula is C16H26FN3O. The molecule has 1 aliphatic heterocycles. The van der Waals surface area contributed by atoms with Crippen molar-refractivity contribution in [1.82, 2.24) is 4.90 Å². The molecule has 1 fully saturated rings. The summed E-state index contributed by atoms with van der Waals surface area (Å²) in [7, 11) is 0. The lowest BCUT2D eigenvalue weighted by Gasteiger charge is -2.24. The molecule has 5 heteroatoms. The number of nitrogens with one attached hydrogen (secondary N) is 1. The largest absolute Gasteiger partial charge is 0.488 e. The van der Waals surface area contributed by atoms with Gasteiger partial charge in [-0.3, -0.25) is 4.90 Å². The monoisotopic (exact) mass is 295 g/mol. The van der Waals surface area contributed by atoms with Crippen LogP contribution in [0.3, 0.4) is 0 Å². The van der Waals surface area contributed by atoms with Crippen LogP contribution in [0, 0.1) is 5.82 Å². The maximum Gasteiger partial charge on any atom is 0.167 e. The Morgan fingerprint density at radius 2 is 2.24 bits per heavy atom. The summed E-state index contributed by atoms with van der Waals surface area (Å²) < 4.78 is 19.3. The Bertz CT molecular complexity index is 479. The van der Waals surface area contributed by atoms with Gasteiger partial charge in [0.2, 0.25) is 0 Å². The van der Waals surface area contributed by atoms with Crippen LogP contribution < -0.4 is 15.8 Å². The quantitative estimate of drug-likeness (QED) is 0.792. The van der Waals surface area contributed by atoms with Crippen LogP contribution in [0.2, 0.25) is 0 Å². The highest BCUT2D eigenvalue weighted by atomic mass is 19.1. The Hall–Kier alpha value is -1.49. The third-order valence-electron chi connectivity index (χ3n) is 3.90. The van der Waals surface area contributed by atoms with Crippen LogP contribution >= 0.6 is 0 Å². The molecule has 0 amide bonds. The average Bonchev–Trinajstić information content (AvgIpc) is 2.87. The number of anilines is 2. The van der Waals surface area contributed by atoms with Gasteiger partial charge in [-0.2, -0.15) is 0 Å². The fourth-order valence-electron chi connectivity index (χ4n) is 2.84. The van der Waals surface area contributed by atoms with Crippen LogP contribution in [-0.4, -0.2) is 36.7 Å². The van der Waals surface area contributed by atoms with Crippen molar-refractivity contribution in [3.63, 3.8) is 0 Å². The zero-order valence-electron chi connectivity index (χ0n) is 13.2. The first kappa shape index (κ1) is 15.9. The lowest BCUT2D eigenvalue weighted by atomic mass is 10.2. The van der Waals surface area contributed by atoms with Crippen molar-refractivity contribution < 1.29 is 9.13 Å². The van der Waals surface area contributed by atoms with Gasteiger partial charge in [-0.1, -0.05) is 6.92 Å². The van der Waals surface area contributed by atoms with Gasteiger partial charge in [0, 0.05) is 24.7 Å². The van der Waals surface area contributed by atoms with Crippen molar-refractivity contribution in [3.8, 4) is 5.75 Å². The number of ether oxygens (including phenoxy) is 1. The maximum atomic E-state index is 13.8. The molecule has 1 aromatic rings. The van der Waals surface area contributed by atoms with Crippen molar-refractivity contribution in [1.29, 1.82) is 0 Å². The Labute approximate surface area is 126 Å². The highest BCUT2D eigenvalue weighted by molar-refractivity contribution is 5.68. The molecule has 3 N–H and O–H groups in total. The third-order valence-corrected chi connectivity index (χ3v) is 3.90. The Balaban J connectivity index is 2.05. The Morgan fingerprint density at radius 3 is 2.90 bits per heavy atom. The number of nitrogens with zero attached hydrogens (tertiary/aromatic N) is 1. The molecule has 0 spiro atoms. The van der Waals surface area contributed by atoms with Gasteiger partial charge in [0.15, 0.2) is 11.6 Å². The fraction of sp³-hybridized carbons (Fsp3) is 0.625. The van der Waals surface area contributed by atoms with Gasteiger partial charge in [-0.25, -0.2) is 4.39 Å². The summed E-state index contributed by atoms with van der Waals surface area (Å²) in [6, 6.07) is 3.51. The summed E-state index contributed by atoms with van der Waals surface area (Å²) in [4.78, 5) is 2.46. The molecule has 1 atom stereocenters. The van der Waals surface area contributed by atoms with E-state index in [1.807, 2.05) is 13.8 Å². The van der Waals surface area contributed by atoms with E-state index in [9.17, 15) is 4.39 Å². The normalized spacial score (nSPS) is 19.2. The second kappa shape index (κ2) is 6.98. The van der Waals surface area contributed by atoms with Gasteiger partial charge in [0.05, 0.1) is 17.5 Å². The number of likely N-dealkylation sites (tertiary alicyclic amines) is 1. The summed E-state index contributed by atoms with van der Waals surface area (Å²) in [5.74, 6) is -0.164. The molecule has 0 saturated carbocycles. The van der Waals surface area contributed by atoms with Crippen LogP contribution in [0.4, 0.5) is 15.8 Å². The average molecular weight is 295 g/mol. The van der Waals surface area contributed by atoms with Gasteiger partial charge in [0.25, 0.3) is 0 Å². The highest BCUT2D eigenvalue weighted by Gasteiger charge is 2.22. The van der Waals surface area contributed by atoms with E-state index >= 15 is 0 Å². The van der Waals surface area contributed by atoms with Crippen molar-refractivity contribution >= 4 is 11.4 Å². The van der Waals surface area contributed by atoms with E-state index < -0.39 is 5.82 Å². The number of likely N-dealkylation sites (N-methyl/N-ethyl adjacent to an activating group) is 1. The Morgan fingerprint density at radius 1 is 1.48 bits per heavy atom. The number of nitrogens with two attached hydrogens (primary N) is 1. The SMILES string of the molecule is CCN1CCCC1CNc1cc(OC(C)C)c(F)cc1N. The second-order valence-electron chi connectivity index (χ2n) is 5.84. The zero-order valence-corrected chi connectivity index (χ0v) is 13.2. The number of benzene rings is 1. The maximum absolute atomic E-state index is 13.8. The smallest absolute Gasteiger partial charge is 0.167 e. The number of hydrogen-bond acceptors (Lipinski definition) is 4. The summed E-state index contributed by atoms with van der Waals surface area (Å²) in [6.45, 7) is 8.97. The number of hydrogen-bond donors (Lipinski definition) is 2. The fourth-order valence-corrected chi connectivity index (χ4v) is 2.84. The van der Waals surface area contributed by atoms with Crippen LogP contribution in [0.5, 0.6) is 5.75 Å². The van der Waals surface area contributed by atoms with E-state index in [-0.39, 0.29) is 11.9 Å². The van der Waals surface area contributed by atoms with Gasteiger partial charge in [-0.15, -0.1) is 0 Å². The lowest BCUT2D eigenvalue weighted by molar-refractivity contribution is 0.231. The van der Waals surface area contributed by atoms with Crippen molar-refractivity contribution in [2.45, 2.75) is 45.8 Å². The molecule has 1 saturated heterocycles. The highest BCUT2D eigenvalue weighted by Crippen LogP contribution is 2.29. The second-order valence-corrected chi connectivity index (χ2v) is 5.84. The molecule has 4 nitrogen and oxygen atoms in total. The molecule has 1 heterocycles. The van der Waals surface area contributed by atoms with Gasteiger partial charge < -0.3 is 15.8 Å². The summed E-state index contributed by atoms with van der Waals surface area (Å²) in [6.07, 6.45) is 2.36. The molecular weight excluding hydrogens is 269 g/mol. The Kier molecular flexibility index (Phi) is 5.28. The van der Waals surface area contributed by atoms with Crippen LogP contribution in [0.15, 0.2) is 12.1 Å². The molecule has 2 rings (SSSR count). The number of rotatable bonds is 6. The van der Waals surface area contributed by atoms with Crippen LogP contribution in [-0.2, 0) is 0 Å². The van der Waals surface area contributed by atoms with E-state index in [2.05, 4.69) is 17.1 Å². The molecule has 1 aromatic carbocycles. The van der Waals surface area contributed by atoms with Gasteiger partial charge in [0.1, 0.15) is 0 Å². The summed E-state index contributed by atoms with van der Waals surface area (Å²) >= 11 is 0.